The van der Waals surface area contributed by atoms with Crippen LogP contribution in [0.4, 0.5) is 0 Å². The summed E-state index contributed by atoms with van der Waals surface area (Å²) >= 11 is 5.93. The van der Waals surface area contributed by atoms with Crippen molar-refractivity contribution in [2.45, 2.75) is 38.7 Å². The first-order valence-corrected chi connectivity index (χ1v) is 8.75. The Labute approximate surface area is 148 Å². The maximum absolute atomic E-state index is 9.81. The summed E-state index contributed by atoms with van der Waals surface area (Å²) in [5, 5.41) is 17.8. The molecule has 1 aromatic rings. The van der Waals surface area contributed by atoms with Crippen LogP contribution >= 0.6 is 11.6 Å². The van der Waals surface area contributed by atoms with E-state index in [1.807, 2.05) is 37.3 Å². The first-order valence-electron chi connectivity index (χ1n) is 8.37. The van der Waals surface area contributed by atoms with Crippen LogP contribution in [-0.4, -0.2) is 30.1 Å². The average molecular weight is 349 g/mol. The van der Waals surface area contributed by atoms with Crippen LogP contribution in [0, 0.1) is 0 Å². The second-order valence-corrected chi connectivity index (χ2v) is 6.26. The molecule has 0 aromatic heterocycles. The smallest absolute Gasteiger partial charge is 0.144 e. The molecule has 0 saturated heterocycles. The van der Waals surface area contributed by atoms with E-state index in [-0.39, 0.29) is 6.61 Å². The summed E-state index contributed by atoms with van der Waals surface area (Å²) < 4.78 is 0. The van der Waals surface area contributed by atoms with Crippen LogP contribution in [0.5, 0.6) is 0 Å². The lowest BCUT2D eigenvalue weighted by molar-refractivity contribution is 0.0417. The number of oxime groups is 1. The monoisotopic (exact) mass is 348 g/mol. The summed E-state index contributed by atoms with van der Waals surface area (Å²) in [6.45, 7) is 2.55. The standard InChI is InChI=1S/C19H25ClN2O2/c1-2-11-21-13-18(23)14-24-22-19-6-4-3-5-16(19)12-15-7-9-17(20)10-8-15/h2,7-12,18,21,23H,3-6,13-14H2,1H3/b11-2?,16-12+,22-19+/t18-/m1/s1. The summed E-state index contributed by atoms with van der Waals surface area (Å²) in [7, 11) is 0. The fourth-order valence-electron chi connectivity index (χ4n) is 2.51. The molecule has 1 aromatic carbocycles. The van der Waals surface area contributed by atoms with Gasteiger partial charge in [0.1, 0.15) is 12.7 Å². The Bertz CT molecular complexity index is 594. The molecule has 2 N–H and O–H groups in total. The third kappa shape index (κ3) is 6.38. The summed E-state index contributed by atoms with van der Waals surface area (Å²) in [6, 6.07) is 7.77. The van der Waals surface area contributed by atoms with Crippen molar-refractivity contribution < 1.29 is 9.94 Å². The second kappa shape index (κ2) is 10.2. The lowest BCUT2D eigenvalue weighted by Crippen LogP contribution is -2.27. The normalized spacial score (nSPS) is 19.8. The first-order chi connectivity index (χ1) is 11.7. The van der Waals surface area contributed by atoms with Gasteiger partial charge in [0.2, 0.25) is 0 Å². The molecule has 1 atom stereocenters. The van der Waals surface area contributed by atoms with E-state index in [1.54, 1.807) is 6.20 Å². The zero-order valence-electron chi connectivity index (χ0n) is 14.0. The Morgan fingerprint density at radius 1 is 1.29 bits per heavy atom. The van der Waals surface area contributed by atoms with Gasteiger partial charge in [-0.25, -0.2) is 0 Å². The van der Waals surface area contributed by atoms with Gasteiger partial charge in [-0.05, 0) is 68.2 Å². The highest BCUT2D eigenvalue weighted by molar-refractivity contribution is 6.30. The van der Waals surface area contributed by atoms with Gasteiger partial charge in [0.25, 0.3) is 0 Å². The Morgan fingerprint density at radius 3 is 2.79 bits per heavy atom. The van der Waals surface area contributed by atoms with E-state index >= 15 is 0 Å². The van der Waals surface area contributed by atoms with Crippen LogP contribution in [0.2, 0.25) is 5.02 Å². The van der Waals surface area contributed by atoms with Gasteiger partial charge in [-0.15, -0.1) is 0 Å². The van der Waals surface area contributed by atoms with Gasteiger partial charge in [0, 0.05) is 11.6 Å². The predicted molar refractivity (Wildman–Crippen MR) is 100 cm³/mol. The van der Waals surface area contributed by atoms with Gasteiger partial charge in [-0.1, -0.05) is 35.0 Å². The molecular weight excluding hydrogens is 324 g/mol. The summed E-state index contributed by atoms with van der Waals surface area (Å²) in [5.74, 6) is 0. The Morgan fingerprint density at radius 2 is 2.04 bits per heavy atom. The minimum atomic E-state index is -0.585. The van der Waals surface area contributed by atoms with Gasteiger partial charge in [0.15, 0.2) is 0 Å². The quantitative estimate of drug-likeness (QED) is 0.728. The van der Waals surface area contributed by atoms with E-state index in [2.05, 4.69) is 16.5 Å². The first kappa shape index (κ1) is 18.6. The van der Waals surface area contributed by atoms with Gasteiger partial charge in [0.05, 0.1) is 5.71 Å². The molecule has 0 spiro atoms. The topological polar surface area (TPSA) is 53.8 Å². The summed E-state index contributed by atoms with van der Waals surface area (Å²) in [4.78, 5) is 5.36. The maximum atomic E-state index is 9.81. The number of aliphatic hydroxyl groups excluding tert-OH is 1. The van der Waals surface area contributed by atoms with Gasteiger partial charge >= 0.3 is 0 Å². The van der Waals surface area contributed by atoms with Crippen LogP contribution in [-0.2, 0) is 4.84 Å². The molecule has 24 heavy (non-hydrogen) atoms. The molecule has 0 bridgehead atoms. The van der Waals surface area contributed by atoms with Gasteiger partial charge in [-0.2, -0.15) is 0 Å². The van der Waals surface area contributed by atoms with E-state index in [1.165, 1.54) is 5.57 Å². The minimum absolute atomic E-state index is 0.183. The molecule has 0 aliphatic heterocycles. The van der Waals surface area contributed by atoms with E-state index in [0.717, 1.165) is 42.0 Å². The molecule has 5 heteroatoms. The van der Waals surface area contributed by atoms with Crippen LogP contribution in [0.15, 0.2) is 47.3 Å². The molecule has 1 aliphatic carbocycles. The highest BCUT2D eigenvalue weighted by Gasteiger charge is 2.14. The number of benzene rings is 1. The molecule has 0 unspecified atom stereocenters. The van der Waals surface area contributed by atoms with Crippen molar-refractivity contribution in [3.8, 4) is 0 Å². The van der Waals surface area contributed by atoms with Crippen LogP contribution in [0.25, 0.3) is 6.08 Å². The number of allylic oxidation sites excluding steroid dienone is 2. The number of halogens is 1. The fraction of sp³-hybridized carbons (Fsp3) is 0.421. The third-order valence-electron chi connectivity index (χ3n) is 3.77. The number of aliphatic hydroxyl groups is 1. The Balaban J connectivity index is 1.94. The number of rotatable bonds is 7. The number of nitrogens with zero attached hydrogens (tertiary/aromatic N) is 1. The molecule has 130 valence electrons. The molecule has 1 aliphatic rings. The lowest BCUT2D eigenvalue weighted by atomic mass is 9.91. The maximum Gasteiger partial charge on any atom is 0.144 e. The van der Waals surface area contributed by atoms with Crippen molar-refractivity contribution in [3.05, 3.63) is 52.7 Å². The molecule has 2 rings (SSSR count). The molecular formula is C19H25ClN2O2. The van der Waals surface area contributed by atoms with Crippen LogP contribution in [0.3, 0.4) is 0 Å². The van der Waals surface area contributed by atoms with Crippen molar-refractivity contribution in [2.24, 2.45) is 5.16 Å². The Kier molecular flexibility index (Phi) is 7.86. The van der Waals surface area contributed by atoms with Crippen molar-refractivity contribution in [1.29, 1.82) is 0 Å². The van der Waals surface area contributed by atoms with Gasteiger partial charge in [-0.3, -0.25) is 0 Å². The zero-order chi connectivity index (χ0) is 17.2. The number of nitrogens with one attached hydrogen (secondary N) is 1. The largest absolute Gasteiger partial charge is 0.393 e. The van der Waals surface area contributed by atoms with Crippen molar-refractivity contribution in [2.75, 3.05) is 13.2 Å². The molecule has 0 heterocycles. The molecule has 4 nitrogen and oxygen atoms in total. The zero-order valence-corrected chi connectivity index (χ0v) is 14.8. The van der Waals surface area contributed by atoms with Crippen molar-refractivity contribution >= 4 is 23.4 Å². The van der Waals surface area contributed by atoms with E-state index in [0.29, 0.717) is 6.54 Å². The molecule has 0 amide bonds. The van der Waals surface area contributed by atoms with Crippen molar-refractivity contribution in [3.63, 3.8) is 0 Å². The molecule has 0 radical (unpaired) electrons. The SMILES string of the molecule is CC=CNC[C@@H](O)CO/N=C1\CCCC\C1=C/c1ccc(Cl)cc1. The van der Waals surface area contributed by atoms with Crippen molar-refractivity contribution in [1.82, 2.24) is 5.32 Å². The van der Waals surface area contributed by atoms with E-state index in [4.69, 9.17) is 16.4 Å². The van der Waals surface area contributed by atoms with Crippen LogP contribution < -0.4 is 5.32 Å². The summed E-state index contributed by atoms with van der Waals surface area (Å²) in [6.07, 6.45) is 9.41. The Hall–Kier alpha value is -1.78. The lowest BCUT2D eigenvalue weighted by Gasteiger charge is -2.17. The van der Waals surface area contributed by atoms with E-state index in [9.17, 15) is 5.11 Å². The number of hydrogen-bond acceptors (Lipinski definition) is 4. The fourth-order valence-corrected chi connectivity index (χ4v) is 2.64. The van der Waals surface area contributed by atoms with Gasteiger partial charge < -0.3 is 15.3 Å². The average Bonchev–Trinajstić information content (AvgIpc) is 2.59. The highest BCUT2D eigenvalue weighted by atomic mass is 35.5. The van der Waals surface area contributed by atoms with E-state index < -0.39 is 6.10 Å². The second-order valence-electron chi connectivity index (χ2n) is 5.82. The summed E-state index contributed by atoms with van der Waals surface area (Å²) in [5.41, 5.74) is 3.29. The third-order valence-corrected chi connectivity index (χ3v) is 4.02. The molecule has 1 saturated carbocycles. The molecule has 1 fully saturated rings. The van der Waals surface area contributed by atoms with Crippen LogP contribution in [0.1, 0.15) is 38.2 Å². The number of hydrogen-bond donors (Lipinski definition) is 2. The predicted octanol–water partition coefficient (Wildman–Crippen LogP) is 4.15. The highest BCUT2D eigenvalue weighted by Crippen LogP contribution is 2.24. The minimum Gasteiger partial charge on any atom is -0.393 e.